The quantitative estimate of drug-likeness (QED) is 0.466. The third-order valence-electron chi connectivity index (χ3n) is 2.28. The van der Waals surface area contributed by atoms with Gasteiger partial charge in [0.05, 0.1) is 0 Å². The lowest BCUT2D eigenvalue weighted by Gasteiger charge is -2.16. The molecule has 0 atom stereocenters. The van der Waals surface area contributed by atoms with Gasteiger partial charge in [0.25, 0.3) is 5.91 Å². The van der Waals surface area contributed by atoms with Crippen molar-refractivity contribution in [1.82, 2.24) is 5.01 Å². The number of carbonyl (C=O) groups is 1. The molecule has 2 N–H and O–H groups in total. The van der Waals surface area contributed by atoms with E-state index in [0.717, 1.165) is 18.4 Å². The highest BCUT2D eigenvalue weighted by Crippen LogP contribution is 2.06. The maximum absolute atomic E-state index is 11.8. The summed E-state index contributed by atoms with van der Waals surface area (Å²) in [4.78, 5) is 11.8. The van der Waals surface area contributed by atoms with Gasteiger partial charge in [0, 0.05) is 12.1 Å². The Kier molecular flexibility index (Phi) is 4.31. The van der Waals surface area contributed by atoms with Crippen molar-refractivity contribution in [1.29, 1.82) is 0 Å². The summed E-state index contributed by atoms with van der Waals surface area (Å²) in [5.74, 6) is 5.56. The fraction of sp³-hybridized carbons (Fsp3) is 0.417. The molecule has 3 nitrogen and oxygen atoms in total. The Bertz CT molecular complexity index is 336. The van der Waals surface area contributed by atoms with E-state index in [-0.39, 0.29) is 5.91 Å². The maximum Gasteiger partial charge on any atom is 0.267 e. The van der Waals surface area contributed by atoms with E-state index >= 15 is 0 Å². The van der Waals surface area contributed by atoms with E-state index in [0.29, 0.717) is 12.1 Å². The molecule has 0 spiro atoms. The molecular formula is C12H18N2O. The van der Waals surface area contributed by atoms with Gasteiger partial charge in [0.15, 0.2) is 0 Å². The van der Waals surface area contributed by atoms with Crippen LogP contribution in [-0.4, -0.2) is 17.5 Å². The molecule has 0 heterocycles. The van der Waals surface area contributed by atoms with Gasteiger partial charge in [0.2, 0.25) is 0 Å². The number of hydrogen-bond acceptors (Lipinski definition) is 2. The van der Waals surface area contributed by atoms with Gasteiger partial charge in [-0.3, -0.25) is 9.80 Å². The second-order valence-electron chi connectivity index (χ2n) is 3.72. The van der Waals surface area contributed by atoms with E-state index in [4.69, 9.17) is 5.84 Å². The highest BCUT2D eigenvalue weighted by molar-refractivity contribution is 5.93. The van der Waals surface area contributed by atoms with Gasteiger partial charge in [-0.05, 0) is 25.5 Å². The molecule has 0 aliphatic heterocycles. The lowest BCUT2D eigenvalue weighted by Crippen LogP contribution is -2.38. The van der Waals surface area contributed by atoms with Gasteiger partial charge in [-0.25, -0.2) is 5.84 Å². The zero-order valence-corrected chi connectivity index (χ0v) is 9.36. The van der Waals surface area contributed by atoms with Crippen LogP contribution in [0.4, 0.5) is 0 Å². The first-order valence-corrected chi connectivity index (χ1v) is 5.28. The van der Waals surface area contributed by atoms with E-state index in [1.807, 2.05) is 25.1 Å². The molecule has 0 unspecified atom stereocenters. The number of hydrogen-bond donors (Lipinski definition) is 1. The smallest absolute Gasteiger partial charge is 0.267 e. The minimum absolute atomic E-state index is 0.104. The van der Waals surface area contributed by atoms with E-state index in [1.165, 1.54) is 5.01 Å². The molecule has 3 heteroatoms. The zero-order valence-electron chi connectivity index (χ0n) is 9.36. The number of nitrogens with two attached hydrogens (primary N) is 1. The fourth-order valence-electron chi connectivity index (χ4n) is 1.37. The molecule has 1 amide bonds. The first-order valence-electron chi connectivity index (χ1n) is 5.28. The Morgan fingerprint density at radius 1 is 1.47 bits per heavy atom. The molecule has 0 radical (unpaired) electrons. The minimum atomic E-state index is -0.104. The molecule has 15 heavy (non-hydrogen) atoms. The monoisotopic (exact) mass is 206 g/mol. The van der Waals surface area contributed by atoms with Gasteiger partial charge in [0.1, 0.15) is 0 Å². The molecule has 0 bridgehead atoms. The number of unbranched alkanes of at least 4 members (excludes halogenated alkanes) is 1. The largest absolute Gasteiger partial charge is 0.277 e. The predicted octanol–water partition coefficient (Wildman–Crippen LogP) is 2.11. The number of nitrogens with zero attached hydrogens (tertiary/aromatic N) is 1. The van der Waals surface area contributed by atoms with Crippen molar-refractivity contribution < 1.29 is 4.79 Å². The first kappa shape index (κ1) is 11.7. The second kappa shape index (κ2) is 5.51. The van der Waals surface area contributed by atoms with Gasteiger partial charge < -0.3 is 0 Å². The van der Waals surface area contributed by atoms with Gasteiger partial charge >= 0.3 is 0 Å². The molecule has 1 rings (SSSR count). The van der Waals surface area contributed by atoms with Crippen LogP contribution in [0.15, 0.2) is 24.3 Å². The van der Waals surface area contributed by atoms with Crippen LogP contribution in [0.2, 0.25) is 0 Å². The summed E-state index contributed by atoms with van der Waals surface area (Å²) in [5.41, 5.74) is 1.73. The average molecular weight is 206 g/mol. The lowest BCUT2D eigenvalue weighted by molar-refractivity contribution is 0.0753. The summed E-state index contributed by atoms with van der Waals surface area (Å²) < 4.78 is 0. The molecule has 1 aromatic carbocycles. The van der Waals surface area contributed by atoms with Crippen LogP contribution in [0.5, 0.6) is 0 Å². The summed E-state index contributed by atoms with van der Waals surface area (Å²) in [6.45, 7) is 4.65. The molecule has 82 valence electrons. The molecule has 0 aromatic heterocycles. The number of benzene rings is 1. The molecular weight excluding hydrogens is 188 g/mol. The van der Waals surface area contributed by atoms with Crippen LogP contribution in [0.25, 0.3) is 0 Å². The van der Waals surface area contributed by atoms with Gasteiger partial charge in [-0.1, -0.05) is 31.0 Å². The standard InChI is InChI=1S/C12H18N2O/c1-3-4-8-14(13)12(15)11-7-5-6-10(2)9-11/h5-7,9H,3-4,8,13H2,1-2H3. The highest BCUT2D eigenvalue weighted by atomic mass is 16.2. The lowest BCUT2D eigenvalue weighted by atomic mass is 10.1. The van der Waals surface area contributed by atoms with Crippen LogP contribution < -0.4 is 5.84 Å². The Hall–Kier alpha value is -1.35. The average Bonchev–Trinajstić information content (AvgIpc) is 2.24. The normalized spacial score (nSPS) is 10.1. The SMILES string of the molecule is CCCCN(N)C(=O)c1cccc(C)c1. The second-order valence-corrected chi connectivity index (χ2v) is 3.72. The van der Waals surface area contributed by atoms with Crippen LogP contribution in [-0.2, 0) is 0 Å². The highest BCUT2D eigenvalue weighted by Gasteiger charge is 2.11. The summed E-state index contributed by atoms with van der Waals surface area (Å²) in [6, 6.07) is 7.48. The number of rotatable bonds is 4. The first-order chi connectivity index (χ1) is 7.15. The van der Waals surface area contributed by atoms with Crippen LogP contribution in [0.3, 0.4) is 0 Å². The Balaban J connectivity index is 2.67. The Labute approximate surface area is 90.9 Å². The van der Waals surface area contributed by atoms with Crippen molar-refractivity contribution in [2.24, 2.45) is 5.84 Å². The zero-order chi connectivity index (χ0) is 11.3. The summed E-state index contributed by atoms with van der Waals surface area (Å²) in [5, 5.41) is 1.29. The van der Waals surface area contributed by atoms with Crippen molar-refractivity contribution in [2.75, 3.05) is 6.54 Å². The molecule has 0 aliphatic carbocycles. The maximum atomic E-state index is 11.8. The van der Waals surface area contributed by atoms with Crippen LogP contribution >= 0.6 is 0 Å². The van der Waals surface area contributed by atoms with Crippen molar-refractivity contribution in [3.63, 3.8) is 0 Å². The molecule has 0 fully saturated rings. The molecule has 0 aliphatic rings. The predicted molar refractivity (Wildman–Crippen MR) is 61.3 cm³/mol. The van der Waals surface area contributed by atoms with Crippen LogP contribution in [0, 0.1) is 6.92 Å². The topological polar surface area (TPSA) is 46.3 Å². The third-order valence-corrected chi connectivity index (χ3v) is 2.28. The summed E-state index contributed by atoms with van der Waals surface area (Å²) in [7, 11) is 0. The van der Waals surface area contributed by atoms with Gasteiger partial charge in [-0.2, -0.15) is 0 Å². The fourth-order valence-corrected chi connectivity index (χ4v) is 1.37. The number of hydrazine groups is 1. The molecule has 1 aromatic rings. The van der Waals surface area contributed by atoms with Crippen molar-refractivity contribution in [3.8, 4) is 0 Å². The number of amides is 1. The summed E-state index contributed by atoms with van der Waals surface area (Å²) >= 11 is 0. The third kappa shape index (κ3) is 3.36. The van der Waals surface area contributed by atoms with Crippen molar-refractivity contribution >= 4 is 5.91 Å². The van der Waals surface area contributed by atoms with Crippen LogP contribution in [0.1, 0.15) is 35.7 Å². The Morgan fingerprint density at radius 3 is 2.80 bits per heavy atom. The molecule has 0 saturated carbocycles. The Morgan fingerprint density at radius 2 is 2.20 bits per heavy atom. The summed E-state index contributed by atoms with van der Waals surface area (Å²) in [6.07, 6.45) is 1.98. The van der Waals surface area contributed by atoms with E-state index < -0.39 is 0 Å². The van der Waals surface area contributed by atoms with E-state index in [9.17, 15) is 4.79 Å². The van der Waals surface area contributed by atoms with Crippen molar-refractivity contribution in [3.05, 3.63) is 35.4 Å². The van der Waals surface area contributed by atoms with Crippen molar-refractivity contribution in [2.45, 2.75) is 26.7 Å². The van der Waals surface area contributed by atoms with Gasteiger partial charge in [-0.15, -0.1) is 0 Å². The van der Waals surface area contributed by atoms with E-state index in [1.54, 1.807) is 6.07 Å². The minimum Gasteiger partial charge on any atom is -0.277 e. The number of carbonyl (C=O) groups excluding carboxylic acids is 1. The molecule has 0 saturated heterocycles. The number of aryl methyl sites for hydroxylation is 1. The van der Waals surface area contributed by atoms with E-state index in [2.05, 4.69) is 6.92 Å².